The van der Waals surface area contributed by atoms with E-state index in [2.05, 4.69) is 15.3 Å². The Hall–Kier alpha value is -3.04. The van der Waals surface area contributed by atoms with Crippen molar-refractivity contribution in [2.45, 2.75) is 12.8 Å². The maximum absolute atomic E-state index is 14.6. The maximum Gasteiger partial charge on any atom is 0.407 e. The number of nitrogens with one attached hydrogen (secondary N) is 1. The van der Waals surface area contributed by atoms with Crippen LogP contribution in [0.25, 0.3) is 10.9 Å². The number of carbonyl (C=O) groups is 1. The third-order valence-corrected chi connectivity index (χ3v) is 7.58. The summed E-state index contributed by atoms with van der Waals surface area (Å²) in [6, 6.07) is 6.51. The molecule has 11 heteroatoms. The number of halogens is 3. The lowest BCUT2D eigenvalue weighted by atomic mass is 10.0. The molecule has 0 bridgehead atoms. The molecule has 0 spiro atoms. The van der Waals surface area contributed by atoms with Gasteiger partial charge in [-0.05, 0) is 48.8 Å². The van der Waals surface area contributed by atoms with Crippen molar-refractivity contribution in [3.8, 4) is 11.5 Å². The normalized spacial score (nSPS) is 21.3. The predicted octanol–water partition coefficient (Wildman–Crippen LogP) is 5.84. The zero-order valence-corrected chi connectivity index (χ0v) is 20.3. The summed E-state index contributed by atoms with van der Waals surface area (Å²) in [6.45, 7) is 1.70. The Balaban J connectivity index is 1.33. The van der Waals surface area contributed by atoms with E-state index in [0.717, 1.165) is 12.8 Å². The second-order valence-corrected chi connectivity index (χ2v) is 9.73. The molecule has 2 aromatic carbocycles. The number of hydrogen-bond donors (Lipinski definition) is 2. The van der Waals surface area contributed by atoms with Crippen LogP contribution < -0.4 is 14.8 Å². The van der Waals surface area contributed by atoms with Gasteiger partial charge >= 0.3 is 6.09 Å². The number of methoxy groups -OCH3 is 1. The second kappa shape index (κ2) is 9.54. The minimum atomic E-state index is -0.842. The molecule has 1 unspecified atom stereocenters. The molecule has 2 aliphatic rings. The Labute approximate surface area is 211 Å². The van der Waals surface area contributed by atoms with Crippen LogP contribution >= 0.6 is 23.2 Å². The lowest BCUT2D eigenvalue weighted by molar-refractivity contribution is 0.149. The van der Waals surface area contributed by atoms with E-state index in [1.165, 1.54) is 23.4 Å². The smallest absolute Gasteiger partial charge is 0.407 e. The molecule has 3 aromatic rings. The van der Waals surface area contributed by atoms with Gasteiger partial charge in [0, 0.05) is 24.5 Å². The first-order chi connectivity index (χ1) is 16.8. The number of fused-ring (bicyclic) bond motifs is 2. The number of hydrogen-bond acceptors (Lipinski definition) is 6. The molecule has 35 heavy (non-hydrogen) atoms. The summed E-state index contributed by atoms with van der Waals surface area (Å²) in [7, 11) is 1.55. The lowest BCUT2D eigenvalue weighted by Crippen LogP contribution is -2.28. The van der Waals surface area contributed by atoms with E-state index in [9.17, 15) is 14.3 Å². The van der Waals surface area contributed by atoms with Crippen molar-refractivity contribution in [1.82, 2.24) is 14.9 Å². The maximum atomic E-state index is 14.6. The van der Waals surface area contributed by atoms with Crippen LogP contribution in [0.15, 0.2) is 30.6 Å². The molecule has 2 N–H and O–H groups in total. The van der Waals surface area contributed by atoms with Crippen LogP contribution in [0.5, 0.6) is 11.5 Å². The van der Waals surface area contributed by atoms with Crippen molar-refractivity contribution < 1.29 is 23.8 Å². The average molecular weight is 521 g/mol. The Morgan fingerprint density at radius 2 is 1.94 bits per heavy atom. The quantitative estimate of drug-likeness (QED) is 0.393. The zero-order valence-electron chi connectivity index (χ0n) is 18.8. The molecule has 5 rings (SSSR count). The van der Waals surface area contributed by atoms with Gasteiger partial charge < -0.3 is 24.8 Å². The first kappa shape index (κ1) is 23.7. The molecule has 184 valence electrons. The Morgan fingerprint density at radius 1 is 1.20 bits per heavy atom. The Morgan fingerprint density at radius 3 is 2.63 bits per heavy atom. The van der Waals surface area contributed by atoms with E-state index < -0.39 is 11.9 Å². The van der Waals surface area contributed by atoms with E-state index in [1.807, 2.05) is 0 Å². The third-order valence-electron chi connectivity index (χ3n) is 6.80. The van der Waals surface area contributed by atoms with Crippen LogP contribution in [0.3, 0.4) is 0 Å². The number of anilines is 2. The monoisotopic (exact) mass is 520 g/mol. The van der Waals surface area contributed by atoms with Crippen molar-refractivity contribution in [1.29, 1.82) is 0 Å². The molecular formula is C24H23Cl2FN4O4. The van der Waals surface area contributed by atoms with E-state index >= 15 is 0 Å². The SMILES string of the molecule is COc1cc2c(Nc3ccc(Cl)c(Cl)c3F)ncnc2cc1OCC1C[C@@H]2CN(C(=O)O)C[C@@H]2C1. The molecule has 1 aromatic heterocycles. The summed E-state index contributed by atoms with van der Waals surface area (Å²) in [5.74, 6) is 1.88. The minimum absolute atomic E-state index is 0.121. The highest BCUT2D eigenvalue weighted by molar-refractivity contribution is 6.42. The van der Waals surface area contributed by atoms with Crippen molar-refractivity contribution in [3.05, 3.63) is 46.5 Å². The Bertz CT molecular complexity index is 1280. The van der Waals surface area contributed by atoms with Gasteiger partial charge in [0.2, 0.25) is 0 Å². The number of benzene rings is 2. The van der Waals surface area contributed by atoms with Gasteiger partial charge in [0.25, 0.3) is 0 Å². The van der Waals surface area contributed by atoms with Gasteiger partial charge in [-0.3, -0.25) is 0 Å². The van der Waals surface area contributed by atoms with Crippen LogP contribution in [-0.4, -0.2) is 52.9 Å². The summed E-state index contributed by atoms with van der Waals surface area (Å²) >= 11 is 11.8. The number of ether oxygens (including phenoxy) is 2. The number of rotatable bonds is 6. The van der Waals surface area contributed by atoms with Crippen LogP contribution in [0.2, 0.25) is 10.0 Å². The highest BCUT2D eigenvalue weighted by atomic mass is 35.5. The molecule has 1 aliphatic carbocycles. The van der Waals surface area contributed by atoms with Crippen LogP contribution in [0, 0.1) is 23.6 Å². The summed E-state index contributed by atoms with van der Waals surface area (Å²) in [4.78, 5) is 21.3. The van der Waals surface area contributed by atoms with E-state index in [-0.39, 0.29) is 15.7 Å². The number of aromatic nitrogens is 2. The summed E-state index contributed by atoms with van der Waals surface area (Å²) in [5.41, 5.74) is 0.728. The molecule has 1 aliphatic heterocycles. The van der Waals surface area contributed by atoms with E-state index in [0.29, 0.717) is 65.7 Å². The minimum Gasteiger partial charge on any atom is -0.493 e. The van der Waals surface area contributed by atoms with Crippen molar-refractivity contribution >= 4 is 51.7 Å². The van der Waals surface area contributed by atoms with Gasteiger partial charge in [0.1, 0.15) is 12.1 Å². The van der Waals surface area contributed by atoms with E-state index in [1.54, 1.807) is 19.2 Å². The highest BCUT2D eigenvalue weighted by Crippen LogP contribution is 2.42. The fourth-order valence-electron chi connectivity index (χ4n) is 5.11. The molecule has 2 fully saturated rings. The van der Waals surface area contributed by atoms with Gasteiger partial charge in [0.15, 0.2) is 17.3 Å². The standard InChI is InChI=1S/C24H23Cl2FN4O4/c1-34-19-6-15-18(28-11-29-23(15)30-17-3-2-16(25)21(26)22(17)27)7-20(19)35-10-12-4-13-8-31(24(32)33)9-14(13)5-12/h2-3,6-7,11-14H,4-5,8-10H2,1H3,(H,32,33)(H,28,29,30)/t12?,13-,14+. The fourth-order valence-corrected chi connectivity index (χ4v) is 5.42. The van der Waals surface area contributed by atoms with Gasteiger partial charge in [-0.2, -0.15) is 0 Å². The summed E-state index contributed by atoms with van der Waals surface area (Å²) in [6.07, 6.45) is 2.42. The van der Waals surface area contributed by atoms with Gasteiger partial charge in [-0.1, -0.05) is 23.2 Å². The van der Waals surface area contributed by atoms with Gasteiger partial charge in [-0.25, -0.2) is 19.2 Å². The third kappa shape index (κ3) is 4.62. The molecule has 0 radical (unpaired) electrons. The van der Waals surface area contributed by atoms with Crippen molar-refractivity contribution in [2.75, 3.05) is 32.1 Å². The zero-order chi connectivity index (χ0) is 24.7. The molecular weight excluding hydrogens is 498 g/mol. The van der Waals surface area contributed by atoms with E-state index in [4.69, 9.17) is 32.7 Å². The van der Waals surface area contributed by atoms with Crippen molar-refractivity contribution in [2.24, 2.45) is 17.8 Å². The predicted molar refractivity (Wildman–Crippen MR) is 131 cm³/mol. The van der Waals surface area contributed by atoms with Crippen LogP contribution in [0.1, 0.15) is 12.8 Å². The van der Waals surface area contributed by atoms with Crippen LogP contribution in [-0.2, 0) is 0 Å². The first-order valence-corrected chi connectivity index (χ1v) is 11.9. The first-order valence-electron chi connectivity index (χ1n) is 11.2. The summed E-state index contributed by atoms with van der Waals surface area (Å²) in [5, 5.41) is 12.7. The lowest BCUT2D eigenvalue weighted by Gasteiger charge is -2.18. The molecule has 1 saturated carbocycles. The molecule has 3 atom stereocenters. The molecule has 1 saturated heterocycles. The number of amides is 1. The molecule has 8 nitrogen and oxygen atoms in total. The van der Waals surface area contributed by atoms with Gasteiger partial charge in [-0.15, -0.1) is 0 Å². The number of carboxylic acid groups (broad SMARTS) is 1. The molecule has 2 heterocycles. The fraction of sp³-hybridized carbons (Fsp3) is 0.375. The van der Waals surface area contributed by atoms with Crippen LogP contribution in [0.4, 0.5) is 20.7 Å². The Kier molecular flexibility index (Phi) is 6.46. The topological polar surface area (TPSA) is 96.8 Å². The highest BCUT2D eigenvalue weighted by Gasteiger charge is 2.42. The van der Waals surface area contributed by atoms with Gasteiger partial charge in [0.05, 0.1) is 35.0 Å². The average Bonchev–Trinajstić information content (AvgIpc) is 3.42. The second-order valence-electron chi connectivity index (χ2n) is 8.95. The number of likely N-dealkylation sites (tertiary alicyclic amines) is 1. The molecule has 1 amide bonds. The van der Waals surface area contributed by atoms with Crippen molar-refractivity contribution in [3.63, 3.8) is 0 Å². The number of nitrogens with zero attached hydrogens (tertiary/aromatic N) is 3. The summed E-state index contributed by atoms with van der Waals surface area (Å²) < 4.78 is 26.2. The largest absolute Gasteiger partial charge is 0.493 e.